The van der Waals surface area contributed by atoms with Crippen molar-refractivity contribution in [1.82, 2.24) is 0 Å². The van der Waals surface area contributed by atoms with Crippen molar-refractivity contribution in [3.8, 4) is 0 Å². The Bertz CT molecular complexity index is 428. The molecule has 1 aromatic carbocycles. The van der Waals surface area contributed by atoms with E-state index in [2.05, 4.69) is 5.10 Å². The molecule has 17 heavy (non-hydrogen) atoms. The third kappa shape index (κ3) is 2.64. The molecule has 1 saturated heterocycles. The molecule has 1 aliphatic heterocycles. The van der Waals surface area contributed by atoms with Crippen molar-refractivity contribution in [1.29, 1.82) is 0 Å². The standard InChI is InChI=1S/C13H16N2O2/c1-10(12-8-9-17-13(12)16)14-15(2)11-6-4-3-5-7-11/h3-7,12H,8-9H2,1-2H3. The van der Waals surface area contributed by atoms with Gasteiger partial charge < -0.3 is 4.74 Å². The van der Waals surface area contributed by atoms with Crippen molar-refractivity contribution < 1.29 is 9.53 Å². The van der Waals surface area contributed by atoms with E-state index in [4.69, 9.17) is 4.74 Å². The molecule has 1 fully saturated rings. The average Bonchev–Trinajstić information content (AvgIpc) is 2.76. The fourth-order valence-electron chi connectivity index (χ4n) is 1.88. The van der Waals surface area contributed by atoms with Gasteiger partial charge in [-0.05, 0) is 19.1 Å². The smallest absolute Gasteiger partial charge is 0.314 e. The average molecular weight is 232 g/mol. The molecular weight excluding hydrogens is 216 g/mol. The van der Waals surface area contributed by atoms with E-state index in [0.717, 1.165) is 17.8 Å². The number of cyclic esters (lactones) is 1. The number of para-hydroxylation sites is 1. The fourth-order valence-corrected chi connectivity index (χ4v) is 1.88. The van der Waals surface area contributed by atoms with E-state index < -0.39 is 0 Å². The van der Waals surface area contributed by atoms with Crippen LogP contribution in [0.15, 0.2) is 35.4 Å². The number of anilines is 1. The van der Waals surface area contributed by atoms with E-state index in [0.29, 0.717) is 6.61 Å². The van der Waals surface area contributed by atoms with Crippen molar-refractivity contribution >= 4 is 17.4 Å². The first kappa shape index (κ1) is 11.6. The van der Waals surface area contributed by atoms with Crippen LogP contribution in [0.4, 0.5) is 5.69 Å². The maximum atomic E-state index is 11.4. The van der Waals surface area contributed by atoms with E-state index in [1.54, 1.807) is 5.01 Å². The van der Waals surface area contributed by atoms with Crippen LogP contribution >= 0.6 is 0 Å². The highest BCUT2D eigenvalue weighted by Gasteiger charge is 2.29. The molecule has 1 unspecified atom stereocenters. The molecule has 0 amide bonds. The predicted octanol–water partition coefficient (Wildman–Crippen LogP) is 2.06. The summed E-state index contributed by atoms with van der Waals surface area (Å²) in [5, 5.41) is 6.21. The molecule has 1 atom stereocenters. The van der Waals surface area contributed by atoms with Crippen LogP contribution in [0.5, 0.6) is 0 Å². The van der Waals surface area contributed by atoms with Crippen molar-refractivity contribution in [2.45, 2.75) is 13.3 Å². The Labute approximate surface area is 101 Å². The predicted molar refractivity (Wildman–Crippen MR) is 67.0 cm³/mol. The van der Waals surface area contributed by atoms with Gasteiger partial charge in [-0.2, -0.15) is 5.10 Å². The topological polar surface area (TPSA) is 41.9 Å². The number of carbonyl (C=O) groups is 1. The van der Waals surface area contributed by atoms with Crippen LogP contribution in [0.2, 0.25) is 0 Å². The molecule has 1 aliphatic rings. The van der Waals surface area contributed by atoms with E-state index in [9.17, 15) is 4.79 Å². The van der Waals surface area contributed by atoms with Gasteiger partial charge >= 0.3 is 5.97 Å². The normalized spacial score (nSPS) is 20.2. The number of hydrazone groups is 1. The molecule has 1 heterocycles. The number of nitrogens with zero attached hydrogens (tertiary/aromatic N) is 2. The number of rotatable bonds is 3. The van der Waals surface area contributed by atoms with Gasteiger partial charge in [-0.3, -0.25) is 9.80 Å². The molecule has 1 aromatic rings. The van der Waals surface area contributed by atoms with Gasteiger partial charge in [0.15, 0.2) is 0 Å². The Balaban J connectivity index is 2.11. The number of hydrogen-bond acceptors (Lipinski definition) is 4. The number of hydrogen-bond donors (Lipinski definition) is 0. The van der Waals surface area contributed by atoms with Gasteiger partial charge in [0.25, 0.3) is 0 Å². The maximum Gasteiger partial charge on any atom is 0.314 e. The van der Waals surface area contributed by atoms with Crippen molar-refractivity contribution in [2.75, 3.05) is 18.7 Å². The van der Waals surface area contributed by atoms with E-state index in [1.807, 2.05) is 44.3 Å². The summed E-state index contributed by atoms with van der Waals surface area (Å²) < 4.78 is 4.94. The Morgan fingerprint density at radius 2 is 2.12 bits per heavy atom. The lowest BCUT2D eigenvalue weighted by Gasteiger charge is -2.15. The molecule has 4 nitrogen and oxygen atoms in total. The zero-order valence-electron chi connectivity index (χ0n) is 10.1. The first-order valence-corrected chi connectivity index (χ1v) is 5.69. The van der Waals surface area contributed by atoms with Gasteiger partial charge in [-0.15, -0.1) is 0 Å². The van der Waals surface area contributed by atoms with Gasteiger partial charge in [-0.25, -0.2) is 0 Å². The zero-order chi connectivity index (χ0) is 12.3. The Kier molecular flexibility index (Phi) is 3.42. The number of ether oxygens (including phenoxy) is 1. The molecule has 0 saturated carbocycles. The SMILES string of the molecule is CC(=NN(C)c1ccccc1)C1CCOC1=O. The molecule has 4 heteroatoms. The van der Waals surface area contributed by atoms with E-state index >= 15 is 0 Å². The largest absolute Gasteiger partial charge is 0.465 e. The van der Waals surface area contributed by atoms with Gasteiger partial charge in [-0.1, -0.05) is 18.2 Å². The number of esters is 1. The Morgan fingerprint density at radius 1 is 1.41 bits per heavy atom. The molecular formula is C13H16N2O2. The summed E-state index contributed by atoms with van der Waals surface area (Å²) >= 11 is 0. The quantitative estimate of drug-likeness (QED) is 0.455. The van der Waals surface area contributed by atoms with E-state index in [-0.39, 0.29) is 11.9 Å². The van der Waals surface area contributed by atoms with Crippen LogP contribution in [0.25, 0.3) is 0 Å². The summed E-state index contributed by atoms with van der Waals surface area (Å²) in [6, 6.07) is 9.83. The number of carbonyl (C=O) groups excluding carboxylic acids is 1. The van der Waals surface area contributed by atoms with Crippen LogP contribution in [-0.4, -0.2) is 25.3 Å². The molecule has 0 aliphatic carbocycles. The van der Waals surface area contributed by atoms with Crippen LogP contribution < -0.4 is 5.01 Å². The molecule has 0 N–H and O–H groups in total. The molecule has 90 valence electrons. The first-order chi connectivity index (χ1) is 8.18. The van der Waals surface area contributed by atoms with Crippen LogP contribution in [-0.2, 0) is 9.53 Å². The van der Waals surface area contributed by atoms with Gasteiger partial charge in [0, 0.05) is 19.2 Å². The summed E-state index contributed by atoms with van der Waals surface area (Å²) in [4.78, 5) is 11.4. The maximum absolute atomic E-state index is 11.4. The Hall–Kier alpha value is -1.84. The summed E-state index contributed by atoms with van der Waals surface area (Å²) in [5.74, 6) is -0.339. The lowest BCUT2D eigenvalue weighted by Crippen LogP contribution is -2.21. The van der Waals surface area contributed by atoms with Crippen LogP contribution in [0.1, 0.15) is 13.3 Å². The van der Waals surface area contributed by atoms with Crippen molar-refractivity contribution in [3.05, 3.63) is 30.3 Å². The zero-order valence-corrected chi connectivity index (χ0v) is 10.1. The molecule has 0 radical (unpaired) electrons. The highest BCUT2D eigenvalue weighted by atomic mass is 16.5. The second kappa shape index (κ2) is 4.99. The number of benzene rings is 1. The molecule has 2 rings (SSSR count). The van der Waals surface area contributed by atoms with Gasteiger partial charge in [0.05, 0.1) is 18.2 Å². The van der Waals surface area contributed by atoms with Gasteiger partial charge in [0.2, 0.25) is 0 Å². The van der Waals surface area contributed by atoms with Gasteiger partial charge in [0.1, 0.15) is 0 Å². The fraction of sp³-hybridized carbons (Fsp3) is 0.385. The third-order valence-corrected chi connectivity index (χ3v) is 2.88. The summed E-state index contributed by atoms with van der Waals surface area (Å²) in [7, 11) is 1.87. The van der Waals surface area contributed by atoms with Crippen LogP contribution in [0.3, 0.4) is 0 Å². The monoisotopic (exact) mass is 232 g/mol. The summed E-state index contributed by atoms with van der Waals surface area (Å²) in [6.45, 7) is 2.38. The second-order valence-corrected chi connectivity index (χ2v) is 4.11. The molecule has 0 bridgehead atoms. The summed E-state index contributed by atoms with van der Waals surface area (Å²) in [6.07, 6.45) is 0.733. The highest BCUT2D eigenvalue weighted by Crippen LogP contribution is 2.18. The van der Waals surface area contributed by atoms with E-state index in [1.165, 1.54) is 0 Å². The summed E-state index contributed by atoms with van der Waals surface area (Å²) in [5.41, 5.74) is 1.80. The molecule has 0 spiro atoms. The van der Waals surface area contributed by atoms with Crippen LogP contribution in [0, 0.1) is 5.92 Å². The second-order valence-electron chi connectivity index (χ2n) is 4.11. The minimum absolute atomic E-state index is 0.160. The molecule has 0 aromatic heterocycles. The van der Waals surface area contributed by atoms with Crippen molar-refractivity contribution in [3.63, 3.8) is 0 Å². The minimum atomic E-state index is -0.179. The Morgan fingerprint density at radius 3 is 2.71 bits per heavy atom. The first-order valence-electron chi connectivity index (χ1n) is 5.69. The lowest BCUT2D eigenvalue weighted by molar-refractivity contribution is -0.139. The minimum Gasteiger partial charge on any atom is -0.465 e. The highest BCUT2D eigenvalue weighted by molar-refractivity contribution is 6.02. The lowest BCUT2D eigenvalue weighted by atomic mass is 10.0. The van der Waals surface area contributed by atoms with Crippen molar-refractivity contribution in [2.24, 2.45) is 11.0 Å². The third-order valence-electron chi connectivity index (χ3n) is 2.88.